The number of hydrogen-bond acceptors (Lipinski definition) is 4. The predicted molar refractivity (Wildman–Crippen MR) is 74.3 cm³/mol. The van der Waals surface area contributed by atoms with E-state index in [0.29, 0.717) is 23.8 Å². The van der Waals surface area contributed by atoms with Crippen molar-refractivity contribution in [1.29, 1.82) is 0 Å². The molecule has 1 saturated heterocycles. The molecule has 2 heterocycles. The molecule has 19 heavy (non-hydrogen) atoms. The van der Waals surface area contributed by atoms with Crippen LogP contribution in [0.1, 0.15) is 35.9 Å². The van der Waals surface area contributed by atoms with Gasteiger partial charge in [-0.3, -0.25) is 4.79 Å². The largest absolute Gasteiger partial charge is 0.467 e. The van der Waals surface area contributed by atoms with Crippen LogP contribution in [0.3, 0.4) is 0 Å². The Kier molecular flexibility index (Phi) is 6.34. The molecule has 0 saturated carbocycles. The molecule has 1 aromatic rings. The van der Waals surface area contributed by atoms with E-state index in [9.17, 15) is 4.79 Å². The first kappa shape index (κ1) is 16.0. The van der Waals surface area contributed by atoms with Crippen molar-refractivity contribution in [2.24, 2.45) is 11.7 Å². The zero-order chi connectivity index (χ0) is 13.0. The van der Waals surface area contributed by atoms with E-state index in [4.69, 9.17) is 14.9 Å². The van der Waals surface area contributed by atoms with E-state index >= 15 is 0 Å². The molecule has 1 atom stereocenters. The topological polar surface area (TPSA) is 77.5 Å². The van der Waals surface area contributed by atoms with Crippen molar-refractivity contribution >= 4 is 18.3 Å². The third-order valence-electron chi connectivity index (χ3n) is 3.45. The van der Waals surface area contributed by atoms with Crippen molar-refractivity contribution in [2.75, 3.05) is 13.2 Å². The van der Waals surface area contributed by atoms with Crippen molar-refractivity contribution in [3.05, 3.63) is 23.7 Å². The summed E-state index contributed by atoms with van der Waals surface area (Å²) in [5, 5.41) is 3.01. The van der Waals surface area contributed by atoms with E-state index in [1.165, 1.54) is 6.26 Å². The van der Waals surface area contributed by atoms with Gasteiger partial charge in [-0.05, 0) is 31.7 Å². The molecule has 0 aliphatic carbocycles. The van der Waals surface area contributed by atoms with Crippen LogP contribution in [0.15, 0.2) is 16.7 Å². The van der Waals surface area contributed by atoms with Crippen molar-refractivity contribution in [2.45, 2.75) is 32.4 Å². The summed E-state index contributed by atoms with van der Waals surface area (Å²) in [4.78, 5) is 12.0. The lowest BCUT2D eigenvalue weighted by Gasteiger charge is -2.28. The second-order valence-electron chi connectivity index (χ2n) is 4.72. The third-order valence-corrected chi connectivity index (χ3v) is 3.45. The highest BCUT2D eigenvalue weighted by Crippen LogP contribution is 2.19. The Hall–Kier alpha value is -1.04. The summed E-state index contributed by atoms with van der Waals surface area (Å²) >= 11 is 0. The summed E-state index contributed by atoms with van der Waals surface area (Å²) in [5.41, 5.74) is 5.98. The monoisotopic (exact) mass is 288 g/mol. The zero-order valence-corrected chi connectivity index (χ0v) is 11.9. The molecule has 1 aromatic heterocycles. The van der Waals surface area contributed by atoms with Gasteiger partial charge in [-0.15, -0.1) is 12.4 Å². The van der Waals surface area contributed by atoms with Crippen LogP contribution >= 0.6 is 12.4 Å². The van der Waals surface area contributed by atoms with Crippen LogP contribution < -0.4 is 11.1 Å². The Morgan fingerprint density at radius 1 is 1.53 bits per heavy atom. The molecule has 1 amide bonds. The van der Waals surface area contributed by atoms with Gasteiger partial charge in [-0.25, -0.2) is 0 Å². The van der Waals surface area contributed by atoms with Crippen LogP contribution in [0.2, 0.25) is 0 Å². The van der Waals surface area contributed by atoms with Gasteiger partial charge in [-0.1, -0.05) is 0 Å². The van der Waals surface area contributed by atoms with Crippen LogP contribution in [0.25, 0.3) is 0 Å². The fourth-order valence-electron chi connectivity index (χ4n) is 2.23. The van der Waals surface area contributed by atoms with Crippen molar-refractivity contribution in [3.8, 4) is 0 Å². The maximum Gasteiger partial charge on any atom is 0.254 e. The van der Waals surface area contributed by atoms with Crippen LogP contribution in [0.5, 0.6) is 0 Å². The van der Waals surface area contributed by atoms with Crippen LogP contribution in [0, 0.1) is 5.92 Å². The first-order chi connectivity index (χ1) is 8.70. The van der Waals surface area contributed by atoms with Gasteiger partial charge in [0.05, 0.1) is 12.1 Å². The van der Waals surface area contributed by atoms with Gasteiger partial charge in [0.2, 0.25) is 0 Å². The Morgan fingerprint density at radius 2 is 2.21 bits per heavy atom. The van der Waals surface area contributed by atoms with E-state index in [0.717, 1.165) is 26.1 Å². The van der Waals surface area contributed by atoms with E-state index in [-0.39, 0.29) is 24.4 Å². The smallest absolute Gasteiger partial charge is 0.254 e. The number of nitrogens with two attached hydrogens (primary N) is 1. The molecule has 1 unspecified atom stereocenters. The molecule has 1 aliphatic heterocycles. The SMILES string of the molecule is CC(NC(=O)c1coc(CN)c1)C1CCOCC1.Cl. The lowest BCUT2D eigenvalue weighted by molar-refractivity contribution is 0.0538. The normalized spacial score (nSPS) is 17.6. The molecular formula is C13H21ClN2O3. The van der Waals surface area contributed by atoms with Crippen LogP contribution in [-0.4, -0.2) is 25.2 Å². The van der Waals surface area contributed by atoms with Crippen molar-refractivity contribution in [1.82, 2.24) is 5.32 Å². The summed E-state index contributed by atoms with van der Waals surface area (Å²) < 4.78 is 10.5. The molecule has 2 rings (SSSR count). The zero-order valence-electron chi connectivity index (χ0n) is 11.1. The first-order valence-electron chi connectivity index (χ1n) is 6.36. The fourth-order valence-corrected chi connectivity index (χ4v) is 2.23. The molecule has 1 fully saturated rings. The number of hydrogen-bond donors (Lipinski definition) is 2. The lowest BCUT2D eigenvalue weighted by atomic mass is 9.93. The Balaban J connectivity index is 0.00000180. The highest BCUT2D eigenvalue weighted by atomic mass is 35.5. The van der Waals surface area contributed by atoms with Gasteiger partial charge in [0.15, 0.2) is 0 Å². The van der Waals surface area contributed by atoms with Crippen molar-refractivity contribution < 1.29 is 13.9 Å². The summed E-state index contributed by atoms with van der Waals surface area (Å²) in [6.07, 6.45) is 3.45. The Bertz CT molecular complexity index is 402. The average Bonchev–Trinajstić information content (AvgIpc) is 2.88. The summed E-state index contributed by atoms with van der Waals surface area (Å²) in [6, 6.07) is 1.84. The summed E-state index contributed by atoms with van der Waals surface area (Å²) in [5.74, 6) is 1.01. The number of ether oxygens (including phenoxy) is 1. The quantitative estimate of drug-likeness (QED) is 0.884. The van der Waals surface area contributed by atoms with E-state index < -0.39 is 0 Å². The molecule has 0 spiro atoms. The second-order valence-corrected chi connectivity index (χ2v) is 4.72. The number of carbonyl (C=O) groups is 1. The highest BCUT2D eigenvalue weighted by Gasteiger charge is 2.22. The standard InChI is InChI=1S/C13H20N2O3.ClH/c1-9(10-2-4-17-5-3-10)15-13(16)11-6-12(7-14)18-8-11;/h6,8-10H,2-5,7,14H2,1H3,(H,15,16);1H. The number of amides is 1. The molecule has 0 radical (unpaired) electrons. The van der Waals surface area contributed by atoms with Gasteiger partial charge in [0, 0.05) is 19.3 Å². The molecule has 5 nitrogen and oxygen atoms in total. The molecule has 6 heteroatoms. The molecular weight excluding hydrogens is 268 g/mol. The number of halogens is 1. The van der Waals surface area contributed by atoms with Gasteiger partial charge in [0.25, 0.3) is 5.91 Å². The van der Waals surface area contributed by atoms with Gasteiger partial charge in [0.1, 0.15) is 12.0 Å². The van der Waals surface area contributed by atoms with Crippen LogP contribution in [0.4, 0.5) is 0 Å². The van der Waals surface area contributed by atoms with E-state index in [1.807, 2.05) is 6.92 Å². The first-order valence-corrected chi connectivity index (χ1v) is 6.36. The van der Waals surface area contributed by atoms with Gasteiger partial charge in [-0.2, -0.15) is 0 Å². The molecule has 0 bridgehead atoms. The van der Waals surface area contributed by atoms with E-state index in [2.05, 4.69) is 5.32 Å². The Labute approximate surface area is 119 Å². The highest BCUT2D eigenvalue weighted by molar-refractivity contribution is 5.94. The maximum absolute atomic E-state index is 12.0. The van der Waals surface area contributed by atoms with Crippen molar-refractivity contribution in [3.63, 3.8) is 0 Å². The summed E-state index contributed by atoms with van der Waals surface area (Å²) in [7, 11) is 0. The number of rotatable bonds is 4. The second kappa shape index (κ2) is 7.53. The third kappa shape index (κ3) is 4.23. The molecule has 1 aliphatic rings. The minimum atomic E-state index is -0.0996. The predicted octanol–water partition coefficient (Wildman–Crippen LogP) is 1.70. The molecule has 0 aromatic carbocycles. The fraction of sp³-hybridized carbons (Fsp3) is 0.615. The molecule has 3 N–H and O–H groups in total. The lowest BCUT2D eigenvalue weighted by Crippen LogP contribution is -2.40. The molecule has 108 valence electrons. The Morgan fingerprint density at radius 3 is 2.79 bits per heavy atom. The minimum Gasteiger partial charge on any atom is -0.467 e. The van der Waals surface area contributed by atoms with E-state index in [1.54, 1.807) is 6.07 Å². The number of nitrogens with one attached hydrogen (secondary N) is 1. The average molecular weight is 289 g/mol. The minimum absolute atomic E-state index is 0. The van der Waals surface area contributed by atoms with Crippen LogP contribution in [-0.2, 0) is 11.3 Å². The number of carbonyl (C=O) groups excluding carboxylic acids is 1. The maximum atomic E-state index is 12.0. The van der Waals surface area contributed by atoms with Gasteiger partial charge >= 0.3 is 0 Å². The van der Waals surface area contributed by atoms with Gasteiger partial charge < -0.3 is 20.2 Å². The summed E-state index contributed by atoms with van der Waals surface area (Å²) in [6.45, 7) is 3.92. The number of furan rings is 1.